The van der Waals surface area contributed by atoms with Crippen molar-refractivity contribution >= 4 is 0 Å². The molecule has 3 rings (SSSR count). The van der Waals surface area contributed by atoms with Crippen LogP contribution in [0.4, 0.5) is 4.39 Å². The van der Waals surface area contributed by atoms with Gasteiger partial charge in [0, 0.05) is 18.5 Å². The normalized spacial score (nSPS) is 33.1. The van der Waals surface area contributed by atoms with Crippen LogP contribution in [0.1, 0.15) is 36.8 Å². The first-order valence-electron chi connectivity index (χ1n) is 7.14. The van der Waals surface area contributed by atoms with Crippen LogP contribution < -0.4 is 0 Å². The number of nitriles is 1. The monoisotopic (exact) mass is 274 g/mol. The minimum absolute atomic E-state index is 0.349. The van der Waals surface area contributed by atoms with E-state index in [1.54, 1.807) is 0 Å². The first-order chi connectivity index (χ1) is 9.50. The molecule has 3 nitrogen and oxygen atoms in total. The number of benzene rings is 1. The number of hydrogen-bond donors (Lipinski definition) is 1. The number of piperidine rings is 1. The Morgan fingerprint density at radius 1 is 1.40 bits per heavy atom. The van der Waals surface area contributed by atoms with Crippen LogP contribution in [0.15, 0.2) is 18.2 Å². The van der Waals surface area contributed by atoms with E-state index < -0.39 is 5.60 Å². The Hall–Kier alpha value is -1.44. The summed E-state index contributed by atoms with van der Waals surface area (Å²) in [6.45, 7) is 0. The fourth-order valence-corrected chi connectivity index (χ4v) is 3.86. The third-order valence-electron chi connectivity index (χ3n) is 4.92. The second-order valence-electron chi connectivity index (χ2n) is 6.27. The number of aliphatic hydroxyl groups is 1. The molecule has 4 heteroatoms. The predicted octanol–water partition coefficient (Wildman–Crippen LogP) is 2.23. The molecule has 20 heavy (non-hydrogen) atoms. The van der Waals surface area contributed by atoms with Gasteiger partial charge in [-0.15, -0.1) is 0 Å². The van der Waals surface area contributed by atoms with E-state index in [2.05, 4.69) is 18.0 Å². The zero-order valence-electron chi connectivity index (χ0n) is 11.6. The van der Waals surface area contributed by atoms with Crippen LogP contribution in [0.25, 0.3) is 0 Å². The van der Waals surface area contributed by atoms with Gasteiger partial charge in [0.05, 0.1) is 17.2 Å². The van der Waals surface area contributed by atoms with E-state index in [-0.39, 0.29) is 5.82 Å². The maximum absolute atomic E-state index is 13.4. The van der Waals surface area contributed by atoms with Crippen LogP contribution in [0.3, 0.4) is 0 Å². The molecular weight excluding hydrogens is 255 g/mol. The molecule has 2 fully saturated rings. The molecule has 2 unspecified atom stereocenters. The van der Waals surface area contributed by atoms with E-state index in [1.807, 2.05) is 0 Å². The number of fused-ring (bicyclic) bond motifs is 2. The third-order valence-corrected chi connectivity index (χ3v) is 4.92. The van der Waals surface area contributed by atoms with Gasteiger partial charge >= 0.3 is 0 Å². The van der Waals surface area contributed by atoms with E-state index in [0.717, 1.165) is 12.8 Å². The molecule has 0 aromatic heterocycles. The lowest BCUT2D eigenvalue weighted by Crippen LogP contribution is -2.50. The van der Waals surface area contributed by atoms with Crippen molar-refractivity contribution in [3.8, 4) is 6.07 Å². The van der Waals surface area contributed by atoms with Crippen LogP contribution in [-0.4, -0.2) is 34.7 Å². The Morgan fingerprint density at radius 3 is 2.65 bits per heavy atom. The van der Waals surface area contributed by atoms with Gasteiger partial charge in [-0.1, -0.05) is 0 Å². The van der Waals surface area contributed by atoms with Gasteiger partial charge in [-0.05, 0) is 56.5 Å². The SMILES string of the molecule is CN1C2CCC1CC(O)(Cc1cc(F)ccc1C#N)C2. The van der Waals surface area contributed by atoms with Gasteiger partial charge in [-0.25, -0.2) is 4.39 Å². The summed E-state index contributed by atoms with van der Waals surface area (Å²) in [5.41, 5.74) is 0.280. The van der Waals surface area contributed by atoms with Crippen molar-refractivity contribution in [2.24, 2.45) is 0 Å². The summed E-state index contributed by atoms with van der Waals surface area (Å²) < 4.78 is 13.4. The van der Waals surface area contributed by atoms with Crippen LogP contribution >= 0.6 is 0 Å². The molecule has 0 aliphatic carbocycles. The van der Waals surface area contributed by atoms with Crippen LogP contribution in [0.2, 0.25) is 0 Å². The Bertz CT molecular complexity index is 552. The van der Waals surface area contributed by atoms with Gasteiger partial charge in [0.15, 0.2) is 0 Å². The molecule has 2 saturated heterocycles. The van der Waals surface area contributed by atoms with Crippen molar-refractivity contribution < 1.29 is 9.50 Å². The Labute approximate surface area is 118 Å². The molecule has 2 heterocycles. The van der Waals surface area contributed by atoms with Gasteiger partial charge in [0.1, 0.15) is 5.82 Å². The summed E-state index contributed by atoms with van der Waals surface area (Å²) in [6.07, 6.45) is 4.03. The zero-order chi connectivity index (χ0) is 14.3. The first kappa shape index (κ1) is 13.5. The fraction of sp³-hybridized carbons (Fsp3) is 0.562. The van der Waals surface area contributed by atoms with Crippen LogP contribution in [0, 0.1) is 17.1 Å². The molecule has 0 saturated carbocycles. The molecule has 1 aromatic carbocycles. The number of nitrogens with zero attached hydrogens (tertiary/aromatic N) is 2. The van der Waals surface area contributed by atoms with Crippen molar-refractivity contribution in [3.63, 3.8) is 0 Å². The topological polar surface area (TPSA) is 47.3 Å². The van der Waals surface area contributed by atoms with E-state index >= 15 is 0 Å². The van der Waals surface area contributed by atoms with Crippen LogP contribution in [-0.2, 0) is 6.42 Å². The van der Waals surface area contributed by atoms with Gasteiger partial charge in [-0.3, -0.25) is 0 Å². The summed E-state index contributed by atoms with van der Waals surface area (Å²) in [7, 11) is 2.12. The first-order valence-corrected chi connectivity index (χ1v) is 7.14. The summed E-state index contributed by atoms with van der Waals surface area (Å²) in [6, 6.07) is 7.10. The Kier molecular flexibility index (Phi) is 3.27. The molecular formula is C16H19FN2O. The lowest BCUT2D eigenvalue weighted by atomic mass is 9.81. The minimum Gasteiger partial charge on any atom is -0.389 e. The summed E-state index contributed by atoms with van der Waals surface area (Å²) in [4.78, 5) is 2.35. The summed E-state index contributed by atoms with van der Waals surface area (Å²) in [5, 5.41) is 20.0. The molecule has 0 spiro atoms. The fourth-order valence-electron chi connectivity index (χ4n) is 3.86. The smallest absolute Gasteiger partial charge is 0.123 e. The lowest BCUT2D eigenvalue weighted by Gasteiger charge is -2.42. The van der Waals surface area contributed by atoms with Crippen LogP contribution in [0.5, 0.6) is 0 Å². The number of rotatable bonds is 2. The van der Waals surface area contributed by atoms with Crippen molar-refractivity contribution in [1.29, 1.82) is 5.26 Å². The maximum atomic E-state index is 13.4. The van der Waals surface area contributed by atoms with Gasteiger partial charge in [0.25, 0.3) is 0 Å². The number of halogens is 1. The largest absolute Gasteiger partial charge is 0.389 e. The highest BCUT2D eigenvalue weighted by Gasteiger charge is 2.45. The zero-order valence-corrected chi connectivity index (χ0v) is 11.6. The molecule has 2 bridgehead atoms. The molecule has 2 aliphatic rings. The summed E-state index contributed by atoms with van der Waals surface area (Å²) in [5.74, 6) is -0.349. The predicted molar refractivity (Wildman–Crippen MR) is 73.6 cm³/mol. The average molecular weight is 274 g/mol. The Balaban J connectivity index is 1.85. The molecule has 0 amide bonds. The van der Waals surface area contributed by atoms with Crippen molar-refractivity contribution in [3.05, 3.63) is 35.1 Å². The standard InChI is InChI=1S/C16H19FN2O/c1-19-14-4-5-15(19)9-16(20,8-14)7-12-6-13(17)3-2-11(12)10-18/h2-3,6,14-15,20H,4-5,7-9H2,1H3. The molecule has 1 aromatic rings. The third kappa shape index (κ3) is 2.32. The second kappa shape index (κ2) is 4.83. The molecule has 106 valence electrons. The van der Waals surface area contributed by atoms with Crippen molar-refractivity contribution in [1.82, 2.24) is 4.90 Å². The second-order valence-corrected chi connectivity index (χ2v) is 6.27. The highest BCUT2D eigenvalue weighted by atomic mass is 19.1. The minimum atomic E-state index is -0.808. The molecule has 2 atom stereocenters. The molecule has 1 N–H and O–H groups in total. The van der Waals surface area contributed by atoms with Crippen molar-refractivity contribution in [2.45, 2.75) is 49.8 Å². The molecule has 0 radical (unpaired) electrons. The highest BCUT2D eigenvalue weighted by molar-refractivity contribution is 5.39. The maximum Gasteiger partial charge on any atom is 0.123 e. The quantitative estimate of drug-likeness (QED) is 0.899. The number of hydrogen-bond acceptors (Lipinski definition) is 3. The van der Waals surface area contributed by atoms with Gasteiger partial charge in [0.2, 0.25) is 0 Å². The van der Waals surface area contributed by atoms with Crippen molar-refractivity contribution in [2.75, 3.05) is 7.05 Å². The van der Waals surface area contributed by atoms with Gasteiger partial charge < -0.3 is 10.0 Å². The summed E-state index contributed by atoms with van der Waals surface area (Å²) >= 11 is 0. The van der Waals surface area contributed by atoms with E-state index in [1.165, 1.54) is 18.2 Å². The lowest BCUT2D eigenvalue weighted by molar-refractivity contribution is -0.0438. The van der Waals surface area contributed by atoms with E-state index in [4.69, 9.17) is 5.26 Å². The molecule has 2 aliphatic heterocycles. The van der Waals surface area contributed by atoms with E-state index in [9.17, 15) is 9.50 Å². The highest BCUT2D eigenvalue weighted by Crippen LogP contribution is 2.41. The van der Waals surface area contributed by atoms with Gasteiger partial charge in [-0.2, -0.15) is 5.26 Å². The Morgan fingerprint density at radius 2 is 2.05 bits per heavy atom. The average Bonchev–Trinajstić information content (AvgIpc) is 2.62. The van der Waals surface area contributed by atoms with E-state index in [0.29, 0.717) is 42.5 Å².